The Bertz CT molecular complexity index is 469. The van der Waals surface area contributed by atoms with Gasteiger partial charge in [0.1, 0.15) is 0 Å². The third kappa shape index (κ3) is 3.31. The summed E-state index contributed by atoms with van der Waals surface area (Å²) < 4.78 is 0. The van der Waals surface area contributed by atoms with Crippen molar-refractivity contribution in [1.82, 2.24) is 5.32 Å². The first-order valence-electron chi connectivity index (χ1n) is 7.42. The standard InChI is InChI=1S/C16H24N2O2/c1-3-10-17-15(19)13-6-4-7-14(11-13)18-12(2)16(20)8-5-9-16/h4,6-7,11-12,18,20H,3,5,8-10H2,1-2H3,(H,17,19). The van der Waals surface area contributed by atoms with E-state index in [9.17, 15) is 9.90 Å². The molecule has 0 aromatic heterocycles. The fourth-order valence-corrected chi connectivity index (χ4v) is 2.45. The molecule has 1 unspecified atom stereocenters. The van der Waals surface area contributed by atoms with Crippen LogP contribution in [-0.2, 0) is 0 Å². The third-order valence-corrected chi connectivity index (χ3v) is 4.07. The Morgan fingerprint density at radius 3 is 2.80 bits per heavy atom. The Morgan fingerprint density at radius 2 is 2.20 bits per heavy atom. The molecule has 0 aliphatic heterocycles. The molecule has 0 radical (unpaired) electrons. The number of benzene rings is 1. The molecule has 4 nitrogen and oxygen atoms in total. The van der Waals surface area contributed by atoms with Crippen LogP contribution in [0.2, 0.25) is 0 Å². The minimum absolute atomic E-state index is 0.00907. The molecule has 1 amide bonds. The summed E-state index contributed by atoms with van der Waals surface area (Å²) in [5.41, 5.74) is 0.929. The van der Waals surface area contributed by atoms with Crippen LogP contribution in [0, 0.1) is 0 Å². The highest BCUT2D eigenvalue weighted by Gasteiger charge is 2.39. The number of amides is 1. The van der Waals surface area contributed by atoms with E-state index in [1.807, 2.05) is 32.0 Å². The minimum atomic E-state index is -0.597. The largest absolute Gasteiger partial charge is 0.388 e. The molecule has 0 bridgehead atoms. The van der Waals surface area contributed by atoms with E-state index in [0.29, 0.717) is 12.1 Å². The van der Waals surface area contributed by atoms with E-state index < -0.39 is 5.60 Å². The number of anilines is 1. The monoisotopic (exact) mass is 276 g/mol. The summed E-state index contributed by atoms with van der Waals surface area (Å²) in [6, 6.07) is 7.42. The molecule has 110 valence electrons. The van der Waals surface area contributed by atoms with Crippen LogP contribution >= 0.6 is 0 Å². The first-order valence-corrected chi connectivity index (χ1v) is 7.42. The van der Waals surface area contributed by atoms with Crippen molar-refractivity contribution in [2.75, 3.05) is 11.9 Å². The molecule has 1 atom stereocenters. The van der Waals surface area contributed by atoms with Gasteiger partial charge in [-0.2, -0.15) is 0 Å². The summed E-state index contributed by atoms with van der Waals surface area (Å²) in [5, 5.41) is 16.5. The quantitative estimate of drug-likeness (QED) is 0.748. The van der Waals surface area contributed by atoms with Gasteiger partial charge in [0.2, 0.25) is 0 Å². The van der Waals surface area contributed by atoms with Crippen molar-refractivity contribution >= 4 is 11.6 Å². The molecule has 1 aromatic carbocycles. The van der Waals surface area contributed by atoms with E-state index in [-0.39, 0.29) is 11.9 Å². The van der Waals surface area contributed by atoms with Gasteiger partial charge in [-0.3, -0.25) is 4.79 Å². The molecule has 4 heteroatoms. The normalized spacial score (nSPS) is 17.9. The summed E-state index contributed by atoms with van der Waals surface area (Å²) >= 11 is 0. The van der Waals surface area contributed by atoms with Crippen molar-refractivity contribution in [2.24, 2.45) is 0 Å². The second kappa shape index (κ2) is 6.27. The number of nitrogens with one attached hydrogen (secondary N) is 2. The highest BCUT2D eigenvalue weighted by molar-refractivity contribution is 5.95. The van der Waals surface area contributed by atoms with E-state index >= 15 is 0 Å². The molecule has 1 fully saturated rings. The van der Waals surface area contributed by atoms with Crippen molar-refractivity contribution in [3.63, 3.8) is 0 Å². The van der Waals surface area contributed by atoms with Crippen LogP contribution in [0.4, 0.5) is 5.69 Å². The molecule has 0 heterocycles. The third-order valence-electron chi connectivity index (χ3n) is 4.07. The Morgan fingerprint density at radius 1 is 1.45 bits per heavy atom. The smallest absolute Gasteiger partial charge is 0.251 e. The van der Waals surface area contributed by atoms with Gasteiger partial charge < -0.3 is 15.7 Å². The lowest BCUT2D eigenvalue weighted by Crippen LogP contribution is -2.50. The second-order valence-electron chi connectivity index (χ2n) is 5.66. The van der Waals surface area contributed by atoms with Crippen LogP contribution in [0.15, 0.2) is 24.3 Å². The molecule has 1 aliphatic rings. The lowest BCUT2D eigenvalue weighted by molar-refractivity contribution is -0.0448. The van der Waals surface area contributed by atoms with E-state index in [0.717, 1.165) is 31.4 Å². The van der Waals surface area contributed by atoms with Crippen LogP contribution in [-0.4, -0.2) is 29.2 Å². The molecule has 1 saturated carbocycles. The van der Waals surface area contributed by atoms with Gasteiger partial charge in [-0.05, 0) is 50.8 Å². The van der Waals surface area contributed by atoms with Crippen molar-refractivity contribution in [1.29, 1.82) is 0 Å². The highest BCUT2D eigenvalue weighted by Crippen LogP contribution is 2.35. The summed E-state index contributed by atoms with van der Waals surface area (Å²) in [5.74, 6) is -0.0505. The molecular formula is C16H24N2O2. The number of rotatable bonds is 6. The van der Waals surface area contributed by atoms with Gasteiger partial charge in [0.15, 0.2) is 0 Å². The molecule has 1 aliphatic carbocycles. The average molecular weight is 276 g/mol. The molecule has 0 saturated heterocycles. The van der Waals surface area contributed by atoms with Crippen molar-refractivity contribution in [3.05, 3.63) is 29.8 Å². The van der Waals surface area contributed by atoms with E-state index in [2.05, 4.69) is 10.6 Å². The summed E-state index contributed by atoms with van der Waals surface area (Å²) in [6.45, 7) is 4.70. The zero-order valence-electron chi connectivity index (χ0n) is 12.3. The Labute approximate surface area is 120 Å². The van der Waals surface area contributed by atoms with Gasteiger partial charge in [-0.25, -0.2) is 0 Å². The lowest BCUT2D eigenvalue weighted by atomic mass is 9.75. The maximum atomic E-state index is 11.9. The van der Waals surface area contributed by atoms with Gasteiger partial charge >= 0.3 is 0 Å². The number of hydrogen-bond donors (Lipinski definition) is 3. The maximum absolute atomic E-state index is 11.9. The zero-order valence-corrected chi connectivity index (χ0v) is 12.3. The topological polar surface area (TPSA) is 61.4 Å². The molecule has 3 N–H and O–H groups in total. The molecule has 1 aromatic rings. The van der Waals surface area contributed by atoms with Crippen LogP contribution in [0.5, 0.6) is 0 Å². The summed E-state index contributed by atoms with van der Waals surface area (Å²) in [4.78, 5) is 11.9. The Balaban J connectivity index is 2.00. The highest BCUT2D eigenvalue weighted by atomic mass is 16.3. The van der Waals surface area contributed by atoms with Crippen LogP contribution < -0.4 is 10.6 Å². The second-order valence-corrected chi connectivity index (χ2v) is 5.66. The fourth-order valence-electron chi connectivity index (χ4n) is 2.45. The summed E-state index contributed by atoms with van der Waals surface area (Å²) in [7, 11) is 0. The van der Waals surface area contributed by atoms with E-state index in [4.69, 9.17) is 0 Å². The average Bonchev–Trinajstić information content (AvgIpc) is 2.42. The summed E-state index contributed by atoms with van der Waals surface area (Å²) in [6.07, 6.45) is 3.70. The first-order chi connectivity index (χ1) is 9.55. The Kier molecular flexibility index (Phi) is 4.65. The van der Waals surface area contributed by atoms with Crippen molar-refractivity contribution in [3.8, 4) is 0 Å². The van der Waals surface area contributed by atoms with Crippen LogP contribution in [0.3, 0.4) is 0 Å². The van der Waals surface area contributed by atoms with E-state index in [1.54, 1.807) is 6.07 Å². The van der Waals surface area contributed by atoms with E-state index in [1.165, 1.54) is 0 Å². The molecule has 20 heavy (non-hydrogen) atoms. The van der Waals surface area contributed by atoms with Crippen LogP contribution in [0.1, 0.15) is 49.9 Å². The number of hydrogen-bond acceptors (Lipinski definition) is 3. The van der Waals surface area contributed by atoms with Crippen molar-refractivity contribution < 1.29 is 9.90 Å². The van der Waals surface area contributed by atoms with Gasteiger partial charge in [-0.15, -0.1) is 0 Å². The molecular weight excluding hydrogens is 252 g/mol. The predicted octanol–water partition coefficient (Wildman–Crippen LogP) is 2.54. The molecule has 2 rings (SSSR count). The lowest BCUT2D eigenvalue weighted by Gasteiger charge is -2.42. The molecule has 0 spiro atoms. The van der Waals surface area contributed by atoms with Gasteiger partial charge in [0.25, 0.3) is 5.91 Å². The van der Waals surface area contributed by atoms with Gasteiger partial charge in [0.05, 0.1) is 11.6 Å². The fraction of sp³-hybridized carbons (Fsp3) is 0.562. The minimum Gasteiger partial charge on any atom is -0.388 e. The van der Waals surface area contributed by atoms with Gasteiger partial charge in [-0.1, -0.05) is 13.0 Å². The first kappa shape index (κ1) is 14.9. The van der Waals surface area contributed by atoms with Gasteiger partial charge in [0, 0.05) is 17.8 Å². The number of aliphatic hydroxyl groups is 1. The number of carbonyl (C=O) groups is 1. The number of carbonyl (C=O) groups excluding carboxylic acids is 1. The van der Waals surface area contributed by atoms with Crippen molar-refractivity contribution in [2.45, 2.75) is 51.2 Å². The maximum Gasteiger partial charge on any atom is 0.251 e. The Hall–Kier alpha value is -1.55. The zero-order chi connectivity index (χ0) is 14.6. The van der Waals surface area contributed by atoms with Crippen LogP contribution in [0.25, 0.3) is 0 Å². The SMILES string of the molecule is CCCNC(=O)c1cccc(NC(C)C2(O)CCC2)c1. The predicted molar refractivity (Wildman–Crippen MR) is 81.0 cm³/mol.